The Morgan fingerprint density at radius 3 is 2.75 bits per heavy atom. The number of carboxylic acid groups (broad SMARTS) is 1. The van der Waals surface area contributed by atoms with E-state index in [0.717, 1.165) is 5.56 Å². The quantitative estimate of drug-likeness (QED) is 0.843. The minimum atomic E-state index is -3.28. The lowest BCUT2D eigenvalue weighted by molar-refractivity contribution is -0.138. The molecule has 86 valence electrons. The number of carboxylic acids is 1. The smallest absolute Gasteiger partial charge is 0.310 e. The van der Waals surface area contributed by atoms with Gasteiger partial charge in [-0.1, -0.05) is 18.2 Å². The van der Waals surface area contributed by atoms with Crippen LogP contribution in [0.4, 0.5) is 0 Å². The van der Waals surface area contributed by atoms with Crippen molar-refractivity contribution in [3.8, 4) is 0 Å². The fourth-order valence-corrected chi connectivity index (χ4v) is 3.87. The van der Waals surface area contributed by atoms with Crippen LogP contribution in [0.25, 0.3) is 0 Å². The minimum absolute atomic E-state index is 0.0890. The summed E-state index contributed by atoms with van der Waals surface area (Å²) in [6, 6.07) is 5.05. The molecule has 0 amide bonds. The Balaban J connectivity index is 2.66. The maximum absolute atomic E-state index is 11.8. The Morgan fingerprint density at radius 2 is 2.12 bits per heavy atom. The number of aryl methyl sites for hydroxylation is 1. The van der Waals surface area contributed by atoms with Crippen LogP contribution >= 0.6 is 0 Å². The highest BCUT2D eigenvalue weighted by atomic mass is 32.2. The molecular weight excluding hydrogens is 228 g/mol. The Labute approximate surface area is 93.8 Å². The van der Waals surface area contributed by atoms with E-state index in [0.29, 0.717) is 12.0 Å². The third kappa shape index (κ3) is 1.61. The maximum atomic E-state index is 11.8. The van der Waals surface area contributed by atoms with E-state index in [2.05, 4.69) is 0 Å². The third-order valence-electron chi connectivity index (χ3n) is 2.92. The lowest BCUT2D eigenvalue weighted by atomic mass is 9.98. The van der Waals surface area contributed by atoms with Gasteiger partial charge in [0, 0.05) is 0 Å². The molecule has 5 heteroatoms. The van der Waals surface area contributed by atoms with Crippen LogP contribution in [0.15, 0.2) is 23.1 Å². The largest absolute Gasteiger partial charge is 0.481 e. The molecule has 0 spiro atoms. The Bertz CT molecular complexity index is 545. The molecule has 2 rings (SSSR count). The van der Waals surface area contributed by atoms with Gasteiger partial charge in [0.1, 0.15) is 0 Å². The summed E-state index contributed by atoms with van der Waals surface area (Å²) in [4.78, 5) is 11.2. The molecule has 1 heterocycles. The van der Waals surface area contributed by atoms with Gasteiger partial charge in [-0.25, -0.2) is 8.42 Å². The number of rotatable bonds is 2. The predicted molar refractivity (Wildman–Crippen MR) is 58.2 cm³/mol. The second-order valence-electron chi connectivity index (χ2n) is 3.96. The van der Waals surface area contributed by atoms with Crippen molar-refractivity contribution in [2.24, 2.45) is 0 Å². The summed E-state index contributed by atoms with van der Waals surface area (Å²) < 4.78 is 23.6. The normalized spacial score (nSPS) is 19.1. The standard InChI is InChI=1S/C11H12O4S/c1-7(11(12)13)9-4-2-3-8-5-6-16(14,15)10(8)9/h2-4,7H,5-6H2,1H3,(H,12,13). The number of aliphatic carboxylic acids is 1. The van der Waals surface area contributed by atoms with Gasteiger partial charge in [0.15, 0.2) is 9.84 Å². The molecule has 1 atom stereocenters. The molecule has 1 aliphatic rings. The molecule has 0 aromatic heterocycles. The predicted octanol–water partition coefficient (Wildman–Crippen LogP) is 1.20. The van der Waals surface area contributed by atoms with Gasteiger partial charge in [0.05, 0.1) is 16.6 Å². The second-order valence-corrected chi connectivity index (χ2v) is 6.01. The van der Waals surface area contributed by atoms with Crippen LogP contribution in [0.2, 0.25) is 0 Å². The second kappa shape index (κ2) is 3.59. The average molecular weight is 240 g/mol. The fraction of sp³-hybridized carbons (Fsp3) is 0.364. The first-order chi connectivity index (χ1) is 7.43. The number of sulfone groups is 1. The molecular formula is C11H12O4S. The van der Waals surface area contributed by atoms with E-state index in [1.54, 1.807) is 18.2 Å². The lowest BCUT2D eigenvalue weighted by Crippen LogP contribution is -2.12. The van der Waals surface area contributed by atoms with Crippen LogP contribution in [0.3, 0.4) is 0 Å². The van der Waals surface area contributed by atoms with Gasteiger partial charge in [0.2, 0.25) is 0 Å². The summed E-state index contributed by atoms with van der Waals surface area (Å²) in [7, 11) is -3.28. The van der Waals surface area contributed by atoms with E-state index in [-0.39, 0.29) is 10.6 Å². The van der Waals surface area contributed by atoms with Crippen LogP contribution in [0, 0.1) is 0 Å². The van der Waals surface area contributed by atoms with Gasteiger partial charge < -0.3 is 5.11 Å². The SMILES string of the molecule is CC(C(=O)O)c1cccc2c1S(=O)(=O)CC2. The van der Waals surface area contributed by atoms with Gasteiger partial charge in [0.25, 0.3) is 0 Å². The number of hydrogen-bond acceptors (Lipinski definition) is 3. The Morgan fingerprint density at radius 1 is 1.44 bits per heavy atom. The van der Waals surface area contributed by atoms with Gasteiger partial charge >= 0.3 is 5.97 Å². The van der Waals surface area contributed by atoms with Crippen LogP contribution < -0.4 is 0 Å². The molecule has 1 aromatic carbocycles. The molecule has 1 aliphatic heterocycles. The van der Waals surface area contributed by atoms with Gasteiger partial charge in [-0.15, -0.1) is 0 Å². The van der Waals surface area contributed by atoms with Crippen molar-refractivity contribution < 1.29 is 18.3 Å². The van der Waals surface area contributed by atoms with E-state index in [1.807, 2.05) is 0 Å². The molecule has 0 bridgehead atoms. The Kier molecular flexibility index (Phi) is 2.50. The summed E-state index contributed by atoms with van der Waals surface area (Å²) >= 11 is 0. The summed E-state index contributed by atoms with van der Waals surface area (Å²) in [6.45, 7) is 1.51. The molecule has 16 heavy (non-hydrogen) atoms. The van der Waals surface area contributed by atoms with Crippen LogP contribution in [-0.4, -0.2) is 25.2 Å². The highest BCUT2D eigenvalue weighted by Gasteiger charge is 2.31. The molecule has 0 fully saturated rings. The first kappa shape index (κ1) is 11.1. The average Bonchev–Trinajstić information content (AvgIpc) is 2.54. The number of hydrogen-bond donors (Lipinski definition) is 1. The van der Waals surface area contributed by atoms with Crippen molar-refractivity contribution in [2.75, 3.05) is 5.75 Å². The topological polar surface area (TPSA) is 71.4 Å². The first-order valence-corrected chi connectivity index (χ1v) is 6.66. The highest BCUT2D eigenvalue weighted by Crippen LogP contribution is 2.33. The molecule has 1 N–H and O–H groups in total. The van der Waals surface area contributed by atoms with E-state index < -0.39 is 21.7 Å². The molecule has 0 saturated heterocycles. The summed E-state index contributed by atoms with van der Waals surface area (Å²) in [5.41, 5.74) is 1.15. The maximum Gasteiger partial charge on any atom is 0.310 e. The number of benzene rings is 1. The monoisotopic (exact) mass is 240 g/mol. The number of carbonyl (C=O) groups is 1. The third-order valence-corrected chi connectivity index (χ3v) is 4.78. The summed E-state index contributed by atoms with van der Waals surface area (Å²) in [5.74, 6) is -1.70. The molecule has 1 aromatic rings. The zero-order chi connectivity index (χ0) is 11.9. The minimum Gasteiger partial charge on any atom is -0.481 e. The van der Waals surface area contributed by atoms with Crippen molar-refractivity contribution in [3.63, 3.8) is 0 Å². The number of fused-ring (bicyclic) bond motifs is 1. The zero-order valence-electron chi connectivity index (χ0n) is 8.80. The van der Waals surface area contributed by atoms with Crippen LogP contribution in [0.1, 0.15) is 24.0 Å². The van der Waals surface area contributed by atoms with Crippen molar-refractivity contribution >= 4 is 15.8 Å². The fourth-order valence-electron chi connectivity index (χ4n) is 2.00. The zero-order valence-corrected chi connectivity index (χ0v) is 9.62. The molecule has 0 radical (unpaired) electrons. The van der Waals surface area contributed by atoms with E-state index >= 15 is 0 Å². The molecule has 4 nitrogen and oxygen atoms in total. The lowest BCUT2D eigenvalue weighted by Gasteiger charge is -2.11. The molecule has 1 unspecified atom stereocenters. The first-order valence-electron chi connectivity index (χ1n) is 5.01. The van der Waals surface area contributed by atoms with Crippen molar-refractivity contribution in [1.29, 1.82) is 0 Å². The van der Waals surface area contributed by atoms with Crippen molar-refractivity contribution in [3.05, 3.63) is 29.3 Å². The highest BCUT2D eigenvalue weighted by molar-refractivity contribution is 7.91. The Hall–Kier alpha value is -1.36. The van der Waals surface area contributed by atoms with E-state index in [4.69, 9.17) is 5.11 Å². The summed E-state index contributed by atoms with van der Waals surface area (Å²) in [6.07, 6.45) is 0.484. The van der Waals surface area contributed by atoms with Crippen LogP contribution in [0.5, 0.6) is 0 Å². The summed E-state index contributed by atoms with van der Waals surface area (Å²) in [5, 5.41) is 8.94. The van der Waals surface area contributed by atoms with Crippen molar-refractivity contribution in [2.45, 2.75) is 24.2 Å². The van der Waals surface area contributed by atoms with Gasteiger partial charge in [-0.2, -0.15) is 0 Å². The van der Waals surface area contributed by atoms with E-state index in [1.165, 1.54) is 6.92 Å². The molecule has 0 saturated carbocycles. The molecule has 0 aliphatic carbocycles. The van der Waals surface area contributed by atoms with Crippen molar-refractivity contribution in [1.82, 2.24) is 0 Å². The van der Waals surface area contributed by atoms with Gasteiger partial charge in [-0.05, 0) is 24.5 Å². The van der Waals surface area contributed by atoms with Gasteiger partial charge in [-0.3, -0.25) is 4.79 Å². The van der Waals surface area contributed by atoms with Crippen LogP contribution in [-0.2, 0) is 21.1 Å². The van der Waals surface area contributed by atoms with E-state index in [9.17, 15) is 13.2 Å².